The molecule has 0 spiro atoms. The maximum absolute atomic E-state index is 11.2. The molecule has 0 unspecified atom stereocenters. The maximum Gasteiger partial charge on any atom is 0.251 e. The number of aromatic amines is 1. The summed E-state index contributed by atoms with van der Waals surface area (Å²) in [7, 11) is 0. The van der Waals surface area contributed by atoms with Gasteiger partial charge >= 0.3 is 0 Å². The fraction of sp³-hybridized carbons (Fsp3) is 0.214. The molecule has 4 nitrogen and oxygen atoms in total. The second kappa shape index (κ2) is 4.46. The fourth-order valence-electron chi connectivity index (χ4n) is 1.54. The Morgan fingerprint density at radius 1 is 1.22 bits per heavy atom. The van der Waals surface area contributed by atoms with Crippen LogP contribution in [0.5, 0.6) is 0 Å². The van der Waals surface area contributed by atoms with Crippen LogP contribution in [0.3, 0.4) is 0 Å². The van der Waals surface area contributed by atoms with Crippen molar-refractivity contribution in [3.05, 3.63) is 46.6 Å². The Morgan fingerprint density at radius 3 is 2.78 bits per heavy atom. The van der Waals surface area contributed by atoms with Crippen molar-refractivity contribution in [3.63, 3.8) is 0 Å². The normalized spacial score (nSPS) is 13.8. The molecule has 1 aliphatic carbocycles. The van der Waals surface area contributed by atoms with Crippen LogP contribution in [0.25, 0.3) is 11.4 Å². The first-order valence-corrected chi connectivity index (χ1v) is 5.84. The van der Waals surface area contributed by atoms with Gasteiger partial charge in [-0.15, -0.1) is 0 Å². The summed E-state index contributed by atoms with van der Waals surface area (Å²) in [4.78, 5) is 22.0. The number of nitrogens with zero attached hydrogens (tertiary/aromatic N) is 2. The zero-order chi connectivity index (χ0) is 12.4. The first-order chi connectivity index (χ1) is 8.81. The first kappa shape index (κ1) is 10.7. The van der Waals surface area contributed by atoms with E-state index in [9.17, 15) is 4.79 Å². The molecule has 2 aromatic rings. The molecule has 0 bridgehead atoms. The Kier molecular flexibility index (Phi) is 2.66. The lowest BCUT2D eigenvalue weighted by Crippen LogP contribution is -2.04. The van der Waals surface area contributed by atoms with Crippen molar-refractivity contribution in [3.8, 4) is 23.2 Å². The molecule has 0 radical (unpaired) electrons. The lowest BCUT2D eigenvalue weighted by atomic mass is 10.2. The molecule has 18 heavy (non-hydrogen) atoms. The number of H-pyrrole nitrogens is 1. The molecule has 88 valence electrons. The number of hydrogen-bond donors (Lipinski definition) is 1. The third kappa shape index (κ3) is 2.46. The van der Waals surface area contributed by atoms with Gasteiger partial charge in [0.25, 0.3) is 5.56 Å². The van der Waals surface area contributed by atoms with E-state index in [2.05, 4.69) is 26.8 Å². The molecule has 0 saturated heterocycles. The van der Waals surface area contributed by atoms with Gasteiger partial charge in [0.2, 0.25) is 0 Å². The molecular weight excluding hydrogens is 226 g/mol. The minimum atomic E-state index is -0.181. The van der Waals surface area contributed by atoms with Crippen LogP contribution in [0, 0.1) is 17.8 Å². The van der Waals surface area contributed by atoms with Crippen LogP contribution < -0.4 is 5.56 Å². The van der Waals surface area contributed by atoms with Gasteiger partial charge in [-0.25, -0.2) is 4.98 Å². The summed E-state index contributed by atoms with van der Waals surface area (Å²) < 4.78 is 0. The summed E-state index contributed by atoms with van der Waals surface area (Å²) in [5, 5.41) is 0. The maximum atomic E-state index is 11.2. The zero-order valence-electron chi connectivity index (χ0n) is 9.68. The van der Waals surface area contributed by atoms with Gasteiger partial charge < -0.3 is 4.98 Å². The molecular formula is C14H11N3O. The number of nitrogens with one attached hydrogen (secondary N) is 1. The molecule has 1 fully saturated rings. The van der Waals surface area contributed by atoms with Crippen LogP contribution in [0.2, 0.25) is 0 Å². The van der Waals surface area contributed by atoms with Gasteiger partial charge in [0.05, 0.1) is 17.7 Å². The van der Waals surface area contributed by atoms with Crippen molar-refractivity contribution in [2.75, 3.05) is 0 Å². The SMILES string of the molecule is O=c1cc(-c2ccc(C#CC3CC3)cn2)nc[nH]1. The third-order valence-electron chi connectivity index (χ3n) is 2.70. The molecule has 2 heterocycles. The highest BCUT2D eigenvalue weighted by Crippen LogP contribution is 2.27. The summed E-state index contributed by atoms with van der Waals surface area (Å²) in [5.41, 5.74) is 1.97. The Hall–Kier alpha value is -2.41. The van der Waals surface area contributed by atoms with E-state index in [0.717, 1.165) is 5.56 Å². The summed E-state index contributed by atoms with van der Waals surface area (Å²) in [6.07, 6.45) is 5.53. The highest BCUT2D eigenvalue weighted by Gasteiger charge is 2.17. The van der Waals surface area contributed by atoms with E-state index in [1.54, 1.807) is 6.20 Å². The van der Waals surface area contributed by atoms with Gasteiger partial charge in [0.1, 0.15) is 0 Å². The van der Waals surface area contributed by atoms with Crippen molar-refractivity contribution in [2.45, 2.75) is 12.8 Å². The Morgan fingerprint density at radius 2 is 2.11 bits per heavy atom. The highest BCUT2D eigenvalue weighted by molar-refractivity contribution is 5.54. The van der Waals surface area contributed by atoms with E-state index in [0.29, 0.717) is 17.3 Å². The minimum absolute atomic E-state index is 0.181. The van der Waals surface area contributed by atoms with Crippen molar-refractivity contribution in [1.29, 1.82) is 0 Å². The summed E-state index contributed by atoms with van der Waals surface area (Å²) in [6.45, 7) is 0. The van der Waals surface area contributed by atoms with Crippen LogP contribution in [0.1, 0.15) is 18.4 Å². The fourth-order valence-corrected chi connectivity index (χ4v) is 1.54. The van der Waals surface area contributed by atoms with Gasteiger partial charge in [-0.3, -0.25) is 9.78 Å². The van der Waals surface area contributed by atoms with Crippen molar-refractivity contribution >= 4 is 0 Å². The molecule has 0 amide bonds. The van der Waals surface area contributed by atoms with Gasteiger partial charge in [0, 0.05) is 23.7 Å². The van der Waals surface area contributed by atoms with E-state index in [-0.39, 0.29) is 5.56 Å². The smallest absolute Gasteiger partial charge is 0.251 e. The van der Waals surface area contributed by atoms with Crippen LogP contribution in [0.4, 0.5) is 0 Å². The number of pyridine rings is 1. The van der Waals surface area contributed by atoms with Gasteiger partial charge in [0.15, 0.2) is 0 Å². The van der Waals surface area contributed by atoms with Gasteiger partial charge in [-0.05, 0) is 25.0 Å². The summed E-state index contributed by atoms with van der Waals surface area (Å²) >= 11 is 0. The largest absolute Gasteiger partial charge is 0.313 e. The highest BCUT2D eigenvalue weighted by atomic mass is 16.1. The molecule has 1 N–H and O–H groups in total. The van der Waals surface area contributed by atoms with Crippen molar-refractivity contribution in [1.82, 2.24) is 15.0 Å². The molecule has 4 heteroatoms. The standard InChI is InChI=1S/C14H11N3O/c18-14-7-13(16-9-17-14)12-6-5-11(8-15-12)4-3-10-1-2-10/h5-10H,1-2H2,(H,16,17,18). The monoisotopic (exact) mass is 237 g/mol. The van der Waals surface area contributed by atoms with E-state index >= 15 is 0 Å². The molecule has 0 atom stereocenters. The second-order valence-electron chi connectivity index (χ2n) is 4.27. The Labute approximate surface area is 104 Å². The van der Waals surface area contributed by atoms with Crippen LogP contribution in [0.15, 0.2) is 35.5 Å². The lowest BCUT2D eigenvalue weighted by molar-refractivity contribution is 1.11. The van der Waals surface area contributed by atoms with E-state index < -0.39 is 0 Å². The molecule has 2 aromatic heterocycles. The molecule has 0 aliphatic heterocycles. The molecule has 3 rings (SSSR count). The average molecular weight is 237 g/mol. The van der Waals surface area contributed by atoms with Gasteiger partial charge in [-0.1, -0.05) is 11.8 Å². The summed E-state index contributed by atoms with van der Waals surface area (Å²) in [6, 6.07) is 5.16. The molecule has 1 saturated carbocycles. The van der Waals surface area contributed by atoms with Crippen LogP contribution in [-0.2, 0) is 0 Å². The zero-order valence-corrected chi connectivity index (χ0v) is 9.68. The third-order valence-corrected chi connectivity index (χ3v) is 2.70. The minimum Gasteiger partial charge on any atom is -0.313 e. The van der Waals surface area contributed by atoms with E-state index in [1.165, 1.54) is 25.2 Å². The van der Waals surface area contributed by atoms with Crippen molar-refractivity contribution in [2.24, 2.45) is 5.92 Å². The predicted molar refractivity (Wildman–Crippen MR) is 67.7 cm³/mol. The molecule has 1 aliphatic rings. The lowest BCUT2D eigenvalue weighted by Gasteiger charge is -1.98. The predicted octanol–water partition coefficient (Wildman–Crippen LogP) is 1.59. The van der Waals surface area contributed by atoms with E-state index in [4.69, 9.17) is 0 Å². The molecule has 0 aromatic carbocycles. The quantitative estimate of drug-likeness (QED) is 0.766. The van der Waals surface area contributed by atoms with Crippen LogP contribution in [-0.4, -0.2) is 15.0 Å². The topological polar surface area (TPSA) is 58.6 Å². The number of aromatic nitrogens is 3. The number of rotatable bonds is 1. The van der Waals surface area contributed by atoms with Crippen molar-refractivity contribution < 1.29 is 0 Å². The first-order valence-electron chi connectivity index (χ1n) is 5.84. The Balaban J connectivity index is 1.86. The second-order valence-corrected chi connectivity index (χ2v) is 4.27. The van der Waals surface area contributed by atoms with Gasteiger partial charge in [-0.2, -0.15) is 0 Å². The Bertz CT molecular complexity index is 672. The van der Waals surface area contributed by atoms with Crippen LogP contribution >= 0.6 is 0 Å². The average Bonchev–Trinajstić information content (AvgIpc) is 3.21. The number of hydrogen-bond acceptors (Lipinski definition) is 3. The van der Waals surface area contributed by atoms with E-state index in [1.807, 2.05) is 12.1 Å². The summed E-state index contributed by atoms with van der Waals surface area (Å²) in [5.74, 6) is 6.86.